The van der Waals surface area contributed by atoms with Crippen molar-refractivity contribution in [3.8, 4) is 0 Å². The Bertz CT molecular complexity index is 1350. The molecule has 200 valence electrons. The van der Waals surface area contributed by atoms with Crippen LogP contribution in [0, 0.1) is 0 Å². The number of rotatable bonds is 1. The first kappa shape index (κ1) is 28.6. The average molecular weight is 547 g/mol. The van der Waals surface area contributed by atoms with Crippen LogP contribution in [-0.4, -0.2) is 53.7 Å². The van der Waals surface area contributed by atoms with Crippen LogP contribution in [0.5, 0.6) is 0 Å². The van der Waals surface area contributed by atoms with E-state index in [-0.39, 0.29) is 33.6 Å². The summed E-state index contributed by atoms with van der Waals surface area (Å²) in [5.74, 6) is 1.71. The molecular formula is C25H34N6O4S2. The van der Waals surface area contributed by atoms with Gasteiger partial charge in [0.15, 0.2) is 10.3 Å². The molecule has 12 heteroatoms. The van der Waals surface area contributed by atoms with Crippen LogP contribution in [-0.2, 0) is 4.74 Å². The number of thioether (sulfide) groups is 2. The first-order valence-corrected chi connectivity index (χ1v) is 13.7. The predicted octanol–water partition coefficient (Wildman–Crippen LogP) is 4.08. The standard InChI is InChI=1S/C15H21N3O3S.C10H13N3OS/c1-14(2,3)21-13(20)16-10-7-6-8-18(11(10)19)12-17-15(4,5)9-22-12;1-10(2)6-15-9(12-10)13-5-3-4-7(11)8(13)14/h6-8H,9H2,1-5H3,(H,16,20);3-5H,6,11H2,1-2H3. The van der Waals surface area contributed by atoms with Gasteiger partial charge in [-0.3, -0.25) is 34.0 Å². The molecule has 1 amide bonds. The van der Waals surface area contributed by atoms with Crippen molar-refractivity contribution in [1.82, 2.24) is 9.13 Å². The van der Waals surface area contributed by atoms with E-state index in [9.17, 15) is 14.4 Å². The number of anilines is 2. The molecule has 0 radical (unpaired) electrons. The van der Waals surface area contributed by atoms with Crippen LogP contribution in [0.2, 0.25) is 0 Å². The third-order valence-corrected chi connectivity index (χ3v) is 7.67. The largest absolute Gasteiger partial charge is 0.444 e. The minimum Gasteiger partial charge on any atom is -0.444 e. The van der Waals surface area contributed by atoms with Crippen LogP contribution in [0.1, 0.15) is 48.5 Å². The molecule has 0 aromatic carbocycles. The summed E-state index contributed by atoms with van der Waals surface area (Å²) >= 11 is 3.11. The lowest BCUT2D eigenvalue weighted by atomic mass is 10.1. The highest BCUT2D eigenvalue weighted by Crippen LogP contribution is 2.28. The number of nitrogens with zero attached hydrogens (tertiary/aromatic N) is 4. The number of aromatic nitrogens is 2. The van der Waals surface area contributed by atoms with Crippen molar-refractivity contribution in [1.29, 1.82) is 0 Å². The van der Waals surface area contributed by atoms with Crippen molar-refractivity contribution < 1.29 is 9.53 Å². The highest BCUT2D eigenvalue weighted by atomic mass is 32.2. The fourth-order valence-corrected chi connectivity index (χ4v) is 5.47. The molecule has 0 unspecified atom stereocenters. The molecule has 0 fully saturated rings. The summed E-state index contributed by atoms with van der Waals surface area (Å²) in [6, 6.07) is 6.60. The summed E-state index contributed by atoms with van der Waals surface area (Å²) in [4.78, 5) is 45.0. The van der Waals surface area contributed by atoms with E-state index in [1.807, 2.05) is 27.7 Å². The van der Waals surface area contributed by atoms with Gasteiger partial charge in [-0.15, -0.1) is 0 Å². The molecule has 2 aliphatic heterocycles. The molecule has 2 aromatic rings. The summed E-state index contributed by atoms with van der Waals surface area (Å²) in [7, 11) is 0. The molecule has 0 spiro atoms. The Hall–Kier alpha value is -2.99. The highest BCUT2D eigenvalue weighted by Gasteiger charge is 2.28. The zero-order valence-electron chi connectivity index (χ0n) is 22.2. The molecule has 0 aliphatic carbocycles. The molecule has 4 rings (SSSR count). The van der Waals surface area contributed by atoms with Gasteiger partial charge in [0.25, 0.3) is 11.1 Å². The van der Waals surface area contributed by atoms with E-state index in [1.165, 1.54) is 20.9 Å². The van der Waals surface area contributed by atoms with Crippen LogP contribution < -0.4 is 22.2 Å². The van der Waals surface area contributed by atoms with Crippen LogP contribution in [0.15, 0.2) is 56.2 Å². The first-order chi connectivity index (χ1) is 17.1. The second kappa shape index (κ2) is 10.8. The van der Waals surface area contributed by atoms with Gasteiger partial charge >= 0.3 is 6.09 Å². The van der Waals surface area contributed by atoms with Crippen LogP contribution in [0.4, 0.5) is 16.2 Å². The number of carbonyl (C=O) groups is 1. The second-order valence-corrected chi connectivity index (χ2v) is 12.7. The number of ether oxygens (including phenoxy) is 1. The van der Waals surface area contributed by atoms with Crippen molar-refractivity contribution in [3.63, 3.8) is 0 Å². The van der Waals surface area contributed by atoms with Gasteiger partial charge in [0, 0.05) is 23.9 Å². The molecule has 3 N–H and O–H groups in total. The van der Waals surface area contributed by atoms with Gasteiger partial charge in [-0.2, -0.15) is 0 Å². The number of carbonyl (C=O) groups excluding carboxylic acids is 1. The van der Waals surface area contributed by atoms with Gasteiger partial charge in [0.05, 0.1) is 16.8 Å². The summed E-state index contributed by atoms with van der Waals surface area (Å²) in [5, 5.41) is 3.87. The van der Waals surface area contributed by atoms with E-state index in [2.05, 4.69) is 15.3 Å². The van der Waals surface area contributed by atoms with E-state index in [0.717, 1.165) is 16.7 Å². The third kappa shape index (κ3) is 7.75. The van der Waals surface area contributed by atoms with E-state index in [4.69, 9.17) is 10.5 Å². The van der Waals surface area contributed by atoms with Crippen LogP contribution >= 0.6 is 23.5 Å². The third-order valence-electron chi connectivity index (χ3n) is 4.88. The van der Waals surface area contributed by atoms with E-state index in [1.54, 1.807) is 69.2 Å². The SMILES string of the molecule is CC1(C)CSC(n2cccc(N)c2=O)=N1.CC1(C)CSC(n2cccc(NC(=O)OC(C)(C)C)c2=O)=N1. The summed E-state index contributed by atoms with van der Waals surface area (Å²) in [6.07, 6.45) is 2.70. The smallest absolute Gasteiger partial charge is 0.412 e. The second-order valence-electron chi connectivity index (χ2n) is 10.9. The molecule has 0 bridgehead atoms. The topological polar surface area (TPSA) is 133 Å². The fourth-order valence-electron chi connectivity index (χ4n) is 3.19. The van der Waals surface area contributed by atoms with Crippen molar-refractivity contribution >= 4 is 51.3 Å². The van der Waals surface area contributed by atoms with Gasteiger partial charge < -0.3 is 10.5 Å². The number of nitrogens with one attached hydrogen (secondary N) is 1. The van der Waals surface area contributed by atoms with E-state index >= 15 is 0 Å². The molecule has 2 aliphatic rings. The lowest BCUT2D eigenvalue weighted by Gasteiger charge is -2.19. The number of nitrogens with two attached hydrogens (primary N) is 1. The molecule has 2 aromatic heterocycles. The van der Waals surface area contributed by atoms with Crippen LogP contribution in [0.3, 0.4) is 0 Å². The molecular weight excluding hydrogens is 512 g/mol. The Morgan fingerprint density at radius 3 is 1.89 bits per heavy atom. The monoisotopic (exact) mass is 546 g/mol. The quantitative estimate of drug-likeness (QED) is 0.550. The molecule has 0 atom stereocenters. The zero-order chi connectivity index (χ0) is 27.6. The average Bonchev–Trinajstić information content (AvgIpc) is 3.31. The number of pyridine rings is 2. The lowest BCUT2D eigenvalue weighted by molar-refractivity contribution is 0.0635. The van der Waals surface area contributed by atoms with Crippen molar-refractivity contribution in [3.05, 3.63) is 57.4 Å². The van der Waals surface area contributed by atoms with Crippen molar-refractivity contribution in [2.45, 2.75) is 65.1 Å². The van der Waals surface area contributed by atoms with Gasteiger partial charge in [0.2, 0.25) is 0 Å². The maximum absolute atomic E-state index is 12.5. The minimum atomic E-state index is -0.649. The fraction of sp³-hybridized carbons (Fsp3) is 0.480. The van der Waals surface area contributed by atoms with Crippen LogP contribution in [0.25, 0.3) is 0 Å². The Labute approximate surface area is 224 Å². The molecule has 0 saturated heterocycles. The van der Waals surface area contributed by atoms with Gasteiger partial charge in [-0.05, 0) is 72.7 Å². The number of amides is 1. The van der Waals surface area contributed by atoms with E-state index in [0.29, 0.717) is 5.17 Å². The molecule has 0 saturated carbocycles. The molecule has 4 heterocycles. The van der Waals surface area contributed by atoms with E-state index < -0.39 is 11.7 Å². The summed E-state index contributed by atoms with van der Waals surface area (Å²) in [6.45, 7) is 13.4. The Morgan fingerprint density at radius 1 is 0.946 bits per heavy atom. The summed E-state index contributed by atoms with van der Waals surface area (Å²) < 4.78 is 8.12. The zero-order valence-corrected chi connectivity index (χ0v) is 23.8. The number of aliphatic imine (C=N–C) groups is 2. The molecule has 10 nitrogen and oxygen atoms in total. The Balaban J connectivity index is 0.000000220. The summed E-state index contributed by atoms with van der Waals surface area (Å²) in [5.41, 5.74) is 4.57. The highest BCUT2D eigenvalue weighted by molar-refractivity contribution is 8.14. The normalized spacial score (nSPS) is 17.8. The number of nitrogen functional groups attached to an aromatic ring is 1. The van der Waals surface area contributed by atoms with Gasteiger partial charge in [-0.1, -0.05) is 23.5 Å². The molecule has 37 heavy (non-hydrogen) atoms. The maximum Gasteiger partial charge on any atom is 0.412 e. The first-order valence-electron chi connectivity index (χ1n) is 11.7. The van der Waals surface area contributed by atoms with Crippen molar-refractivity contribution in [2.24, 2.45) is 9.98 Å². The maximum atomic E-state index is 12.5. The number of hydrogen-bond acceptors (Lipinski definition) is 9. The Morgan fingerprint density at radius 2 is 1.43 bits per heavy atom. The van der Waals surface area contributed by atoms with Gasteiger partial charge in [0.1, 0.15) is 11.3 Å². The number of hydrogen-bond donors (Lipinski definition) is 2. The predicted molar refractivity (Wildman–Crippen MR) is 154 cm³/mol. The minimum absolute atomic E-state index is 0.0932. The lowest BCUT2D eigenvalue weighted by Crippen LogP contribution is -2.31. The Kier molecular flexibility index (Phi) is 8.33. The van der Waals surface area contributed by atoms with Crippen molar-refractivity contribution in [2.75, 3.05) is 22.6 Å². The van der Waals surface area contributed by atoms with Gasteiger partial charge in [-0.25, -0.2) is 4.79 Å².